The summed E-state index contributed by atoms with van der Waals surface area (Å²) in [5, 5.41) is 14.6. The average molecular weight is 425 g/mol. The molecule has 0 bridgehead atoms. The Hall–Kier alpha value is -4.31. The summed E-state index contributed by atoms with van der Waals surface area (Å²) in [6, 6.07) is 25.4. The fourth-order valence-corrected chi connectivity index (χ4v) is 3.64. The van der Waals surface area contributed by atoms with Gasteiger partial charge in [-0.1, -0.05) is 36.4 Å². The first kappa shape index (κ1) is 20.9. The van der Waals surface area contributed by atoms with Crippen molar-refractivity contribution >= 4 is 29.1 Å². The van der Waals surface area contributed by atoms with E-state index in [0.717, 1.165) is 17.7 Å². The second-order valence-corrected chi connectivity index (χ2v) is 7.51. The molecule has 4 amide bonds. The minimum atomic E-state index is -0.347. The topological polar surface area (TPSA) is 88.5 Å². The van der Waals surface area contributed by atoms with Gasteiger partial charge in [-0.2, -0.15) is 5.26 Å². The van der Waals surface area contributed by atoms with Crippen molar-refractivity contribution in [3.8, 4) is 6.07 Å². The number of para-hydroxylation sites is 1. The quantitative estimate of drug-likeness (QED) is 0.601. The van der Waals surface area contributed by atoms with E-state index < -0.39 is 0 Å². The van der Waals surface area contributed by atoms with E-state index in [4.69, 9.17) is 5.26 Å². The third-order valence-electron chi connectivity index (χ3n) is 5.22. The maximum absolute atomic E-state index is 13.1. The van der Waals surface area contributed by atoms with Crippen LogP contribution >= 0.6 is 0 Å². The number of hydrogen-bond acceptors (Lipinski definition) is 3. The molecule has 0 unspecified atom stereocenters. The number of carbonyl (C=O) groups excluding carboxylic acids is 2. The highest BCUT2D eigenvalue weighted by Gasteiger charge is 2.27. The summed E-state index contributed by atoms with van der Waals surface area (Å²) in [5.74, 6) is 0. The first-order chi connectivity index (χ1) is 15.6. The Morgan fingerprint density at radius 1 is 0.906 bits per heavy atom. The third kappa shape index (κ3) is 5.05. The number of carbonyl (C=O) groups is 2. The van der Waals surface area contributed by atoms with Crippen LogP contribution in [0.5, 0.6) is 0 Å². The SMILES string of the molecule is N#Cc1ccc(CN2CCCN(c3cccc(NC(=O)Nc4ccccc4)c3)C2=O)cc1. The molecule has 0 aliphatic carbocycles. The zero-order chi connectivity index (χ0) is 22.3. The summed E-state index contributed by atoms with van der Waals surface area (Å²) < 4.78 is 0. The van der Waals surface area contributed by atoms with E-state index in [1.165, 1.54) is 0 Å². The highest BCUT2D eigenvalue weighted by Crippen LogP contribution is 2.24. The van der Waals surface area contributed by atoms with Crippen LogP contribution in [0.15, 0.2) is 78.9 Å². The van der Waals surface area contributed by atoms with Crippen LogP contribution in [0.3, 0.4) is 0 Å². The lowest BCUT2D eigenvalue weighted by Gasteiger charge is -2.36. The lowest BCUT2D eigenvalue weighted by Crippen LogP contribution is -2.49. The van der Waals surface area contributed by atoms with Crippen molar-refractivity contribution in [3.63, 3.8) is 0 Å². The Bertz CT molecular complexity index is 1140. The van der Waals surface area contributed by atoms with Gasteiger partial charge >= 0.3 is 12.1 Å². The fraction of sp³-hybridized carbons (Fsp3) is 0.160. The number of anilines is 3. The molecule has 0 atom stereocenters. The molecule has 7 heteroatoms. The monoisotopic (exact) mass is 425 g/mol. The number of nitrogens with one attached hydrogen (secondary N) is 2. The highest BCUT2D eigenvalue weighted by molar-refractivity contribution is 6.00. The number of hydrogen-bond donors (Lipinski definition) is 2. The maximum Gasteiger partial charge on any atom is 0.324 e. The fourth-order valence-electron chi connectivity index (χ4n) is 3.64. The summed E-state index contributed by atoms with van der Waals surface area (Å²) in [7, 11) is 0. The van der Waals surface area contributed by atoms with Gasteiger partial charge in [0.25, 0.3) is 0 Å². The smallest absolute Gasteiger partial charge is 0.320 e. The molecule has 1 fully saturated rings. The van der Waals surface area contributed by atoms with Crippen molar-refractivity contribution in [3.05, 3.63) is 90.0 Å². The van der Waals surface area contributed by atoms with Crippen molar-refractivity contribution in [1.29, 1.82) is 5.26 Å². The van der Waals surface area contributed by atoms with Gasteiger partial charge in [0.1, 0.15) is 0 Å². The van der Waals surface area contributed by atoms with Gasteiger partial charge in [0.15, 0.2) is 0 Å². The normalized spacial score (nSPS) is 13.4. The molecule has 1 aliphatic rings. The van der Waals surface area contributed by atoms with E-state index in [1.54, 1.807) is 34.1 Å². The molecule has 1 heterocycles. The summed E-state index contributed by atoms with van der Waals surface area (Å²) in [6.07, 6.45) is 0.841. The van der Waals surface area contributed by atoms with Crippen molar-refractivity contribution in [2.75, 3.05) is 28.6 Å². The molecule has 0 aromatic heterocycles. The van der Waals surface area contributed by atoms with Gasteiger partial charge < -0.3 is 15.5 Å². The molecular weight excluding hydrogens is 402 g/mol. The Morgan fingerprint density at radius 3 is 2.38 bits per heavy atom. The number of amides is 4. The van der Waals surface area contributed by atoms with Gasteiger partial charge in [0, 0.05) is 36.7 Å². The van der Waals surface area contributed by atoms with Gasteiger partial charge in [0.2, 0.25) is 0 Å². The standard InChI is InChI=1S/C25H23N5O2/c26-17-19-10-12-20(13-11-19)18-29-14-5-15-30(25(29)32)23-9-4-8-22(16-23)28-24(31)27-21-6-2-1-3-7-21/h1-4,6-13,16H,5,14-15,18H2,(H2,27,28,31). The Balaban J connectivity index is 1.42. The van der Waals surface area contributed by atoms with Gasteiger partial charge in [-0.05, 0) is 54.4 Å². The van der Waals surface area contributed by atoms with E-state index >= 15 is 0 Å². The van der Waals surface area contributed by atoms with Gasteiger partial charge in [-0.25, -0.2) is 9.59 Å². The zero-order valence-electron chi connectivity index (χ0n) is 17.5. The molecule has 0 radical (unpaired) electrons. The van der Waals surface area contributed by atoms with Crippen molar-refractivity contribution in [2.24, 2.45) is 0 Å². The van der Waals surface area contributed by atoms with E-state index in [2.05, 4.69) is 16.7 Å². The van der Waals surface area contributed by atoms with Gasteiger partial charge in [-0.3, -0.25) is 4.90 Å². The minimum Gasteiger partial charge on any atom is -0.320 e. The third-order valence-corrected chi connectivity index (χ3v) is 5.22. The predicted octanol–water partition coefficient (Wildman–Crippen LogP) is 5.03. The van der Waals surface area contributed by atoms with Crippen LogP contribution in [0.4, 0.5) is 26.7 Å². The van der Waals surface area contributed by atoms with Crippen LogP contribution in [0.2, 0.25) is 0 Å². The second-order valence-electron chi connectivity index (χ2n) is 7.51. The van der Waals surface area contributed by atoms with Crippen LogP contribution in [-0.4, -0.2) is 30.1 Å². The number of nitriles is 1. The lowest BCUT2D eigenvalue weighted by molar-refractivity contribution is 0.192. The molecule has 1 saturated heterocycles. The van der Waals surface area contributed by atoms with Crippen molar-refractivity contribution in [2.45, 2.75) is 13.0 Å². The first-order valence-electron chi connectivity index (χ1n) is 10.4. The largest absolute Gasteiger partial charge is 0.324 e. The Kier molecular flexibility index (Phi) is 6.33. The average Bonchev–Trinajstić information content (AvgIpc) is 2.81. The molecule has 4 rings (SSSR count). The number of nitrogens with zero attached hydrogens (tertiary/aromatic N) is 3. The van der Waals surface area contributed by atoms with Crippen LogP contribution in [-0.2, 0) is 6.54 Å². The molecule has 2 N–H and O–H groups in total. The molecule has 1 aliphatic heterocycles. The molecule has 0 saturated carbocycles. The van der Waals surface area contributed by atoms with Gasteiger partial charge in [-0.15, -0.1) is 0 Å². The maximum atomic E-state index is 13.1. The molecule has 32 heavy (non-hydrogen) atoms. The molecular formula is C25H23N5O2. The number of benzene rings is 3. The number of rotatable bonds is 5. The van der Waals surface area contributed by atoms with Crippen molar-refractivity contribution in [1.82, 2.24) is 4.90 Å². The molecule has 160 valence electrons. The van der Waals surface area contributed by atoms with Crippen LogP contribution < -0.4 is 15.5 Å². The minimum absolute atomic E-state index is 0.0773. The predicted molar refractivity (Wildman–Crippen MR) is 124 cm³/mol. The highest BCUT2D eigenvalue weighted by atomic mass is 16.2. The summed E-state index contributed by atoms with van der Waals surface area (Å²) in [6.45, 7) is 1.77. The first-order valence-corrected chi connectivity index (χ1v) is 10.4. The molecule has 3 aromatic rings. The van der Waals surface area contributed by atoms with E-state index in [1.807, 2.05) is 54.6 Å². The van der Waals surface area contributed by atoms with E-state index in [0.29, 0.717) is 36.6 Å². The summed E-state index contributed by atoms with van der Waals surface area (Å²) in [5.41, 5.74) is 3.61. The molecule has 7 nitrogen and oxygen atoms in total. The van der Waals surface area contributed by atoms with Gasteiger partial charge in [0.05, 0.1) is 11.6 Å². The summed E-state index contributed by atoms with van der Waals surface area (Å²) in [4.78, 5) is 29.0. The molecule has 0 spiro atoms. The Labute approximate surface area is 186 Å². The van der Waals surface area contributed by atoms with Crippen LogP contribution in [0.25, 0.3) is 0 Å². The summed E-state index contributed by atoms with van der Waals surface area (Å²) >= 11 is 0. The van der Waals surface area contributed by atoms with Crippen LogP contribution in [0.1, 0.15) is 17.5 Å². The second kappa shape index (κ2) is 9.67. The zero-order valence-corrected chi connectivity index (χ0v) is 17.5. The van der Waals surface area contributed by atoms with Crippen molar-refractivity contribution < 1.29 is 9.59 Å². The lowest BCUT2D eigenvalue weighted by atomic mass is 10.1. The van der Waals surface area contributed by atoms with E-state index in [9.17, 15) is 9.59 Å². The van der Waals surface area contributed by atoms with E-state index in [-0.39, 0.29) is 12.1 Å². The van der Waals surface area contributed by atoms with Crippen LogP contribution in [0, 0.1) is 11.3 Å². The Morgan fingerprint density at radius 2 is 1.62 bits per heavy atom. The number of urea groups is 2. The molecule has 3 aromatic carbocycles.